The quantitative estimate of drug-likeness (QED) is 0.0471. The Morgan fingerprint density at radius 2 is 0.493 bits per heavy atom. The number of alkyl carbamates (subject to hydrolysis) is 3. The molecule has 138 heavy (non-hydrogen) atoms. The van der Waals surface area contributed by atoms with E-state index in [0.717, 1.165) is 53.2 Å². The van der Waals surface area contributed by atoms with E-state index < -0.39 is 5.97 Å². The first kappa shape index (κ1) is 212. The van der Waals surface area contributed by atoms with Crippen LogP contribution >= 0.6 is 12.4 Å². The molecule has 3 amide bonds. The molecule has 9 aromatic rings. The topological polar surface area (TPSA) is 231 Å². The maximum Gasteiger partial charge on any atom is 0.407 e. The molecule has 0 aliphatic rings. The molecule has 0 aliphatic carbocycles. The van der Waals surface area contributed by atoms with Crippen molar-refractivity contribution < 1.29 is 400 Å². The van der Waals surface area contributed by atoms with Gasteiger partial charge < -0.3 is 57.0 Å². The molecule has 0 unspecified atom stereocenters. The van der Waals surface area contributed by atoms with E-state index in [-0.39, 0.29) is 411 Å². The fourth-order valence-electron chi connectivity index (χ4n) is 7.47. The van der Waals surface area contributed by atoms with Crippen molar-refractivity contribution in [2.75, 3.05) is 63.8 Å². The molecule has 0 fully saturated rings. The third-order valence-corrected chi connectivity index (χ3v) is 11.7. The molecule has 28 heteroatoms. The Morgan fingerprint density at radius 1 is 0.304 bits per heavy atom. The number of para-hydroxylation sites is 3. The van der Waals surface area contributed by atoms with Crippen molar-refractivity contribution in [3.8, 4) is 0 Å². The number of carboxylic acid groups (broad SMARTS) is 1. The minimum Gasteiger partial charge on any atom is -0.478 e. The van der Waals surface area contributed by atoms with E-state index in [1.165, 1.54) is 69.4 Å². The SMILES string of the molecule is CC.CC.CC.CC.CC.CC.CC.CC.CC.CC.CC.CC.CC.CCC.CCC(=O)c1cccc2ccccc12.CCNc1ccccc1.CCNc1ccccc1.CCNc1ccccc1.CCc1ccccc1.CN.CNC(=O)OC(C)(C)C.CNC(=O)OC(C)(C)C.CNC(=O)OC(C)(C)C.Cl.Fc1ccccc1.O=C(O)c1cccc2ccccc12.[Ar].[Ar].[Ar].[Ar].[Ar].[Y].[Y].[Y].[Y].[Y]. The van der Waals surface area contributed by atoms with Crippen molar-refractivity contribution >= 4 is 81.0 Å². The minimum atomic E-state index is -0.878. The van der Waals surface area contributed by atoms with Gasteiger partial charge in [-0.25, -0.2) is 23.6 Å². The number of aryl methyl sites for hydroxylation is 1. The third-order valence-electron chi connectivity index (χ3n) is 11.7. The largest absolute Gasteiger partial charge is 0.478 e. The molecule has 0 aromatic heterocycles. The van der Waals surface area contributed by atoms with Crippen molar-refractivity contribution in [2.24, 2.45) is 5.73 Å². The number of fused-ring (bicyclic) bond motifs is 2. The second-order valence-electron chi connectivity index (χ2n) is 23.9. The van der Waals surface area contributed by atoms with E-state index in [1.54, 1.807) is 30.3 Å². The first-order valence-electron chi connectivity index (χ1n) is 47.1. The third kappa shape index (κ3) is 163. The van der Waals surface area contributed by atoms with Crippen LogP contribution in [-0.2, 0) is 184 Å². The van der Waals surface area contributed by atoms with E-state index in [1.807, 2.05) is 383 Å². The molecule has 16 nitrogen and oxygen atoms in total. The second kappa shape index (κ2) is 178. The fourth-order valence-corrected chi connectivity index (χ4v) is 7.47. The Balaban J connectivity index is -0.0000000382. The number of amides is 3. The van der Waals surface area contributed by atoms with Crippen molar-refractivity contribution in [3.05, 3.63) is 259 Å². The first-order chi connectivity index (χ1) is 61.0. The number of carboxylic acids is 1. The smallest absolute Gasteiger partial charge is 0.407 e. The second-order valence-corrected chi connectivity index (χ2v) is 23.9. The number of anilines is 3. The Hall–Kier alpha value is 1.85. The van der Waals surface area contributed by atoms with E-state index in [2.05, 4.69) is 140 Å². The van der Waals surface area contributed by atoms with Gasteiger partial charge in [-0.3, -0.25) is 4.79 Å². The van der Waals surface area contributed by atoms with E-state index in [4.69, 9.17) is 19.3 Å². The average molecular weight is 2460 g/mol. The predicted molar refractivity (Wildman–Crippen MR) is 580 cm³/mol. The molecule has 0 saturated carbocycles. The normalized spacial score (nSPS) is 7.57. The molecular weight excluding hydrogens is 2260 g/mol. The molecule has 0 heterocycles. The molecule has 0 spiro atoms. The van der Waals surface area contributed by atoms with Crippen LogP contribution in [0.1, 0.15) is 330 Å². The number of carbonyl (C=O) groups is 5. The van der Waals surface area contributed by atoms with Crippen LogP contribution < -0.4 is 37.6 Å². The number of Topliss-reactive ketones (excluding diaryl/α,β-unsaturated/α-hetero) is 1. The van der Waals surface area contributed by atoms with Gasteiger partial charge in [-0.15, -0.1) is 12.4 Å². The van der Waals surface area contributed by atoms with Crippen LogP contribution in [0.3, 0.4) is 0 Å². The predicted octanol–water partition coefficient (Wildman–Crippen LogP) is 34.6. The van der Waals surface area contributed by atoms with Crippen molar-refractivity contribution in [3.63, 3.8) is 0 Å². The Labute approximate surface area is 1130 Å². The first-order valence-corrected chi connectivity index (χ1v) is 47.1. The fraction of sp³-hybridized carbons (Fsp3) is 0.500. The standard InChI is InChI=1S/C13H12O.C11H8O2.3C8H11N.C8H10.C6H5F.3C6H13NO2.C3H8.13C2H6.CH5N.5Ar.ClH.5Y/c1-2-13(14)12-9-5-7-10-6-3-4-8-11(10)12;12-11(13)10-7-3-5-8-4-1-2-6-9(8)10;3*1-2-9-8-6-4-3-5-7-8;1-2-8-6-4-3-5-7-8;7-6-4-2-1-3-5-6;3*1-6(2,3)9-5(8)7-4;1-3-2;14*1-2;;;;;;;;;;;/h3-9H,2H2,1H3;1-7H,(H,12,13);3*3-7,9H,2H2,1H3;3-7H,2H2,1H3;1-5H;3*1-4H3,(H,7,8);3H2,1-2H3;13*1-2H3;2H2,1H3;;;;;;1H;;;;;. The number of ketones is 1. The van der Waals surface area contributed by atoms with Gasteiger partial charge in [0.05, 0.1) is 5.56 Å². The number of halogens is 2. The Bertz CT molecular complexity index is 3410. The summed E-state index contributed by atoms with van der Waals surface area (Å²) in [6, 6.07) is 75.5. The Kier molecular flexibility index (Phi) is 273. The van der Waals surface area contributed by atoms with Crippen LogP contribution in [0.2, 0.25) is 0 Å². The van der Waals surface area contributed by atoms with Crippen LogP contribution in [0.4, 0.5) is 35.8 Å². The number of nitrogens with one attached hydrogen (secondary N) is 6. The van der Waals surface area contributed by atoms with Gasteiger partial charge in [0.25, 0.3) is 0 Å². The van der Waals surface area contributed by atoms with Crippen LogP contribution in [0, 0.1) is 195 Å². The summed E-state index contributed by atoms with van der Waals surface area (Å²) in [5.74, 6) is -0.846. The van der Waals surface area contributed by atoms with Gasteiger partial charge in [-0.1, -0.05) is 396 Å². The summed E-state index contributed by atoms with van der Waals surface area (Å²) >= 11 is 0. The monoisotopic (exact) mass is 2460 g/mol. The summed E-state index contributed by atoms with van der Waals surface area (Å²) in [6.45, 7) is 85.9. The molecular formula is C110H199Ar5ClFN7O9Y5. The molecule has 9 aromatic carbocycles. The number of ether oxygens (including phenoxy) is 3. The van der Waals surface area contributed by atoms with E-state index in [9.17, 15) is 28.4 Å². The molecule has 0 bridgehead atoms. The van der Waals surface area contributed by atoms with Gasteiger partial charge in [0.1, 0.15) is 22.6 Å². The Morgan fingerprint density at radius 3 is 0.659 bits per heavy atom. The van der Waals surface area contributed by atoms with Gasteiger partial charge in [-0.2, -0.15) is 0 Å². The summed E-state index contributed by atoms with van der Waals surface area (Å²) < 4.78 is 26.4. The molecule has 5 radical (unpaired) electrons. The van der Waals surface area contributed by atoms with Crippen LogP contribution in [0.25, 0.3) is 21.5 Å². The van der Waals surface area contributed by atoms with Gasteiger partial charge in [0.15, 0.2) is 5.78 Å². The number of nitrogens with two attached hydrogens (primary N) is 1. The number of hydrogen-bond donors (Lipinski definition) is 8. The van der Waals surface area contributed by atoms with Crippen molar-refractivity contribution in [1.82, 2.24) is 16.0 Å². The van der Waals surface area contributed by atoms with Crippen molar-refractivity contribution in [1.29, 1.82) is 0 Å². The summed E-state index contributed by atoms with van der Waals surface area (Å²) in [5.41, 5.74) is 9.52. The molecule has 797 valence electrons. The number of benzene rings is 9. The number of aromatic carboxylic acids is 1. The summed E-state index contributed by atoms with van der Waals surface area (Å²) in [6.07, 6.45) is 1.79. The maximum atomic E-state index is 11.9. The van der Waals surface area contributed by atoms with Gasteiger partial charge in [0, 0.05) is 422 Å². The molecule has 0 aliphatic heterocycles. The summed E-state index contributed by atoms with van der Waals surface area (Å²) in [5, 5.41) is 29.5. The average Bonchev–Trinajstić information content (AvgIpc) is 0.830. The molecule has 9 N–H and O–H groups in total. The zero-order valence-corrected chi connectivity index (χ0v) is 114. The van der Waals surface area contributed by atoms with E-state index in [0.29, 0.717) is 12.0 Å². The van der Waals surface area contributed by atoms with Crippen LogP contribution in [0.5, 0.6) is 0 Å². The molecule has 0 saturated heterocycles. The van der Waals surface area contributed by atoms with E-state index >= 15 is 0 Å². The number of carbonyl (C=O) groups excluding carboxylic acids is 4. The summed E-state index contributed by atoms with van der Waals surface area (Å²) in [4.78, 5) is 53.9. The van der Waals surface area contributed by atoms with Crippen LogP contribution in [-0.4, -0.2) is 99.8 Å². The minimum absolute atomic E-state index is 0. The molecule has 9 rings (SSSR count). The zero-order chi connectivity index (χ0) is 103. The maximum absolute atomic E-state index is 11.9. The number of hydrogen-bond acceptors (Lipinski definition) is 12. The van der Waals surface area contributed by atoms with Crippen LogP contribution in [0.15, 0.2) is 237 Å². The van der Waals surface area contributed by atoms with Gasteiger partial charge in [0.2, 0.25) is 0 Å². The number of rotatable bonds is 10. The van der Waals surface area contributed by atoms with Crippen molar-refractivity contribution in [2.45, 2.75) is 327 Å². The van der Waals surface area contributed by atoms with Gasteiger partial charge >= 0.3 is 24.2 Å². The zero-order valence-electron chi connectivity index (χ0n) is 95.0. The molecule has 0 atom stereocenters. The van der Waals surface area contributed by atoms with Gasteiger partial charge in [-0.05, 0) is 178 Å². The summed E-state index contributed by atoms with van der Waals surface area (Å²) in [7, 11) is 6.11.